The highest BCUT2D eigenvalue weighted by Crippen LogP contribution is 2.22. The van der Waals surface area contributed by atoms with Gasteiger partial charge in [-0.25, -0.2) is 4.98 Å². The van der Waals surface area contributed by atoms with Crippen molar-refractivity contribution in [3.8, 4) is 0 Å². The Morgan fingerprint density at radius 2 is 2.18 bits per heavy atom. The van der Waals surface area contributed by atoms with Crippen molar-refractivity contribution < 1.29 is 0 Å². The van der Waals surface area contributed by atoms with Gasteiger partial charge in [0.15, 0.2) is 0 Å². The minimum Gasteiger partial charge on any atom is -0.369 e. The van der Waals surface area contributed by atoms with Gasteiger partial charge in [0.05, 0.1) is 11.0 Å². The zero-order valence-corrected chi connectivity index (χ0v) is 11.7. The zero-order chi connectivity index (χ0) is 12.4. The van der Waals surface area contributed by atoms with E-state index < -0.39 is 0 Å². The number of benzene rings is 1. The lowest BCUT2D eigenvalue weighted by molar-refractivity contribution is 0.388. The van der Waals surface area contributed by atoms with Crippen LogP contribution in [0.25, 0.3) is 11.0 Å². The van der Waals surface area contributed by atoms with E-state index in [4.69, 9.17) is 5.73 Å². The van der Waals surface area contributed by atoms with Gasteiger partial charge in [-0.2, -0.15) is 0 Å². The number of fused-ring (bicyclic) bond motifs is 1. The van der Waals surface area contributed by atoms with Crippen LogP contribution in [0.3, 0.4) is 0 Å². The molecule has 0 aliphatic carbocycles. The molecule has 4 nitrogen and oxygen atoms in total. The summed E-state index contributed by atoms with van der Waals surface area (Å²) >= 11 is 3.44. The summed E-state index contributed by atoms with van der Waals surface area (Å²) in [6.07, 6.45) is 1.07. The molecule has 0 spiro atoms. The Morgan fingerprint density at radius 3 is 2.88 bits per heavy atom. The molecule has 92 valence electrons. The lowest BCUT2D eigenvalue weighted by Crippen LogP contribution is -2.15. The van der Waals surface area contributed by atoms with Crippen LogP contribution in [0.15, 0.2) is 22.7 Å². The Labute approximate surface area is 110 Å². The van der Waals surface area contributed by atoms with Gasteiger partial charge in [-0.3, -0.25) is 0 Å². The highest BCUT2D eigenvalue weighted by Gasteiger charge is 2.07. The number of imidazole rings is 1. The summed E-state index contributed by atoms with van der Waals surface area (Å²) in [4.78, 5) is 6.54. The molecular formula is C12H17BrN4. The SMILES string of the molecule is CN(C)CCCn1c(N)nc2cc(Br)ccc21. The van der Waals surface area contributed by atoms with E-state index in [-0.39, 0.29) is 0 Å². The van der Waals surface area contributed by atoms with E-state index >= 15 is 0 Å². The molecule has 0 aliphatic rings. The summed E-state index contributed by atoms with van der Waals surface area (Å²) in [6, 6.07) is 6.07. The average molecular weight is 297 g/mol. The molecule has 1 aromatic carbocycles. The molecule has 0 unspecified atom stereocenters. The van der Waals surface area contributed by atoms with Crippen LogP contribution in [0, 0.1) is 0 Å². The quantitative estimate of drug-likeness (QED) is 0.942. The van der Waals surface area contributed by atoms with Crippen LogP contribution in [-0.4, -0.2) is 35.1 Å². The molecule has 0 aliphatic heterocycles. The molecule has 2 aromatic rings. The number of hydrogen-bond acceptors (Lipinski definition) is 3. The lowest BCUT2D eigenvalue weighted by atomic mass is 10.3. The number of aryl methyl sites for hydroxylation is 1. The number of anilines is 1. The third kappa shape index (κ3) is 2.79. The van der Waals surface area contributed by atoms with Crippen LogP contribution in [0.2, 0.25) is 0 Å². The van der Waals surface area contributed by atoms with Crippen molar-refractivity contribution in [1.82, 2.24) is 14.5 Å². The summed E-state index contributed by atoms with van der Waals surface area (Å²) in [6.45, 7) is 1.96. The molecule has 0 amide bonds. The highest BCUT2D eigenvalue weighted by atomic mass is 79.9. The van der Waals surface area contributed by atoms with Gasteiger partial charge in [0.2, 0.25) is 5.95 Å². The maximum atomic E-state index is 5.94. The van der Waals surface area contributed by atoms with E-state index in [0.717, 1.165) is 35.0 Å². The second kappa shape index (κ2) is 5.06. The zero-order valence-electron chi connectivity index (χ0n) is 10.2. The Morgan fingerprint density at radius 1 is 1.41 bits per heavy atom. The lowest BCUT2D eigenvalue weighted by Gasteiger charge is -2.10. The van der Waals surface area contributed by atoms with Gasteiger partial charge in [0.25, 0.3) is 0 Å². The standard InChI is InChI=1S/C12H17BrN4/c1-16(2)6-3-7-17-11-5-4-9(13)8-10(11)15-12(17)14/h4-5,8H,3,6-7H2,1-2H3,(H2,14,15). The fraction of sp³-hybridized carbons (Fsp3) is 0.417. The van der Waals surface area contributed by atoms with Gasteiger partial charge in [-0.1, -0.05) is 15.9 Å². The largest absolute Gasteiger partial charge is 0.369 e. The van der Waals surface area contributed by atoms with Crippen molar-refractivity contribution in [1.29, 1.82) is 0 Å². The molecule has 0 saturated carbocycles. The molecule has 0 bridgehead atoms. The van der Waals surface area contributed by atoms with Gasteiger partial charge in [0.1, 0.15) is 0 Å². The number of nitrogens with zero attached hydrogens (tertiary/aromatic N) is 3. The van der Waals surface area contributed by atoms with E-state index in [1.54, 1.807) is 0 Å². The number of nitrogens with two attached hydrogens (primary N) is 1. The summed E-state index contributed by atoms with van der Waals surface area (Å²) in [5.74, 6) is 0.594. The molecule has 2 N–H and O–H groups in total. The van der Waals surface area contributed by atoms with Crippen LogP contribution in [0.1, 0.15) is 6.42 Å². The minimum atomic E-state index is 0.594. The average Bonchev–Trinajstić information content (AvgIpc) is 2.54. The van der Waals surface area contributed by atoms with Crippen LogP contribution in [0.5, 0.6) is 0 Å². The molecular weight excluding hydrogens is 280 g/mol. The Bertz CT molecular complexity index is 518. The maximum Gasteiger partial charge on any atom is 0.201 e. The fourth-order valence-electron chi connectivity index (χ4n) is 1.90. The topological polar surface area (TPSA) is 47.1 Å². The number of hydrogen-bond donors (Lipinski definition) is 1. The Kier molecular flexibility index (Phi) is 3.69. The maximum absolute atomic E-state index is 5.94. The molecule has 1 aromatic heterocycles. The van der Waals surface area contributed by atoms with Gasteiger partial charge in [-0.15, -0.1) is 0 Å². The number of rotatable bonds is 4. The summed E-state index contributed by atoms with van der Waals surface area (Å²) in [7, 11) is 4.15. The molecule has 0 fully saturated rings. The first-order valence-electron chi connectivity index (χ1n) is 5.64. The minimum absolute atomic E-state index is 0.594. The molecule has 5 heteroatoms. The Hall–Kier alpha value is -1.07. The van der Waals surface area contributed by atoms with Crippen molar-refractivity contribution in [3.63, 3.8) is 0 Å². The van der Waals surface area contributed by atoms with Crippen molar-refractivity contribution in [2.75, 3.05) is 26.4 Å². The monoisotopic (exact) mass is 296 g/mol. The molecule has 0 atom stereocenters. The van der Waals surface area contributed by atoms with Crippen molar-refractivity contribution in [2.45, 2.75) is 13.0 Å². The van der Waals surface area contributed by atoms with Crippen LogP contribution >= 0.6 is 15.9 Å². The first kappa shape index (κ1) is 12.4. The second-order valence-electron chi connectivity index (χ2n) is 4.41. The van der Waals surface area contributed by atoms with Crippen molar-refractivity contribution >= 4 is 32.9 Å². The third-order valence-corrected chi connectivity index (χ3v) is 3.22. The van der Waals surface area contributed by atoms with Crippen LogP contribution in [-0.2, 0) is 6.54 Å². The summed E-state index contributed by atoms with van der Waals surface area (Å²) in [5.41, 5.74) is 7.99. The Balaban J connectivity index is 2.24. The van der Waals surface area contributed by atoms with Gasteiger partial charge in [-0.05, 0) is 45.3 Å². The number of halogens is 1. The van der Waals surface area contributed by atoms with Gasteiger partial charge < -0.3 is 15.2 Å². The first-order chi connectivity index (χ1) is 8.08. The number of nitrogen functional groups attached to an aromatic ring is 1. The van der Waals surface area contributed by atoms with Gasteiger partial charge in [0, 0.05) is 11.0 Å². The van der Waals surface area contributed by atoms with Gasteiger partial charge >= 0.3 is 0 Å². The first-order valence-corrected chi connectivity index (χ1v) is 6.43. The third-order valence-electron chi connectivity index (χ3n) is 2.73. The van der Waals surface area contributed by atoms with E-state index in [0.29, 0.717) is 5.95 Å². The fourth-order valence-corrected chi connectivity index (χ4v) is 2.25. The van der Waals surface area contributed by atoms with Crippen molar-refractivity contribution in [3.05, 3.63) is 22.7 Å². The van der Waals surface area contributed by atoms with Crippen molar-refractivity contribution in [2.24, 2.45) is 0 Å². The summed E-state index contributed by atoms with van der Waals surface area (Å²) < 4.78 is 3.11. The van der Waals surface area contributed by atoms with Crippen LogP contribution < -0.4 is 5.73 Å². The van der Waals surface area contributed by atoms with Crippen LogP contribution in [0.4, 0.5) is 5.95 Å². The molecule has 17 heavy (non-hydrogen) atoms. The predicted octanol–water partition coefficient (Wildman–Crippen LogP) is 2.33. The molecule has 0 saturated heterocycles. The molecule has 0 radical (unpaired) electrons. The number of aromatic nitrogens is 2. The second-order valence-corrected chi connectivity index (χ2v) is 5.33. The molecule has 2 rings (SSSR count). The highest BCUT2D eigenvalue weighted by molar-refractivity contribution is 9.10. The predicted molar refractivity (Wildman–Crippen MR) is 75.0 cm³/mol. The van der Waals surface area contributed by atoms with E-state index in [9.17, 15) is 0 Å². The van der Waals surface area contributed by atoms with E-state index in [1.165, 1.54) is 0 Å². The summed E-state index contributed by atoms with van der Waals surface area (Å²) in [5, 5.41) is 0. The normalized spacial score (nSPS) is 11.5. The molecule has 1 heterocycles. The smallest absolute Gasteiger partial charge is 0.201 e. The van der Waals surface area contributed by atoms with E-state index in [1.807, 2.05) is 12.1 Å². The van der Waals surface area contributed by atoms with E-state index in [2.05, 4.69) is 50.5 Å².